The van der Waals surface area contributed by atoms with Gasteiger partial charge in [0.2, 0.25) is 0 Å². The van der Waals surface area contributed by atoms with Gasteiger partial charge in [-0.3, -0.25) is 4.79 Å². The molecule has 0 aliphatic carbocycles. The zero-order chi connectivity index (χ0) is 21.6. The van der Waals surface area contributed by atoms with E-state index in [4.69, 9.17) is 5.26 Å². The number of nitrogens with zero attached hydrogens (tertiary/aromatic N) is 1. The number of halogens is 3. The molecule has 2 atom stereocenters. The van der Waals surface area contributed by atoms with Gasteiger partial charge in [0, 0.05) is 6.42 Å². The Balaban J connectivity index is 2.17. The van der Waals surface area contributed by atoms with Crippen molar-refractivity contribution in [3.63, 3.8) is 0 Å². The number of nitriles is 1. The number of carbonyl (C=O) groups excluding carboxylic acids is 2. The van der Waals surface area contributed by atoms with E-state index in [1.54, 1.807) is 24.3 Å². The van der Waals surface area contributed by atoms with Gasteiger partial charge in [-0.05, 0) is 29.3 Å². The van der Waals surface area contributed by atoms with Crippen molar-refractivity contribution in [3.8, 4) is 6.07 Å². The third kappa shape index (κ3) is 5.56. The maximum Gasteiger partial charge on any atom is 0.416 e. The molecule has 0 radical (unpaired) electrons. The van der Waals surface area contributed by atoms with Gasteiger partial charge >= 0.3 is 12.1 Å². The van der Waals surface area contributed by atoms with Crippen molar-refractivity contribution in [2.45, 2.75) is 24.7 Å². The summed E-state index contributed by atoms with van der Waals surface area (Å²) in [6, 6.07) is 10.7. The van der Waals surface area contributed by atoms with E-state index in [0.29, 0.717) is 11.1 Å². The molecule has 2 rings (SSSR count). The molecule has 0 unspecified atom stereocenters. The summed E-state index contributed by atoms with van der Waals surface area (Å²) in [5, 5.41) is 21.6. The van der Waals surface area contributed by atoms with Crippen LogP contribution in [0.15, 0.2) is 48.5 Å². The van der Waals surface area contributed by atoms with Crippen molar-refractivity contribution in [1.82, 2.24) is 5.32 Å². The van der Waals surface area contributed by atoms with Crippen molar-refractivity contribution < 1.29 is 32.6 Å². The first-order valence-electron chi connectivity index (χ1n) is 8.38. The van der Waals surface area contributed by atoms with Crippen LogP contribution in [0.5, 0.6) is 0 Å². The summed E-state index contributed by atoms with van der Waals surface area (Å²) in [7, 11) is 1.12. The minimum Gasteiger partial charge on any atom is -0.467 e. The van der Waals surface area contributed by atoms with Crippen molar-refractivity contribution in [3.05, 3.63) is 70.8 Å². The molecule has 2 aromatic rings. The zero-order valence-corrected chi connectivity index (χ0v) is 15.2. The SMILES string of the molecule is COC(=O)[C@@H](Cc1ccccc1C#N)NC(=O)[C@@H](O)c1ccc(C(F)(F)F)cc1. The van der Waals surface area contributed by atoms with Gasteiger partial charge < -0.3 is 15.2 Å². The molecular weight excluding hydrogens is 389 g/mol. The fourth-order valence-corrected chi connectivity index (χ4v) is 2.62. The monoisotopic (exact) mass is 406 g/mol. The second-order valence-corrected chi connectivity index (χ2v) is 6.08. The molecule has 152 valence electrons. The van der Waals surface area contributed by atoms with Gasteiger partial charge in [0.1, 0.15) is 6.04 Å². The smallest absolute Gasteiger partial charge is 0.416 e. The number of methoxy groups -OCH3 is 1. The maximum atomic E-state index is 12.6. The van der Waals surface area contributed by atoms with E-state index in [-0.39, 0.29) is 12.0 Å². The molecule has 0 aliphatic heterocycles. The lowest BCUT2D eigenvalue weighted by molar-refractivity contribution is -0.146. The number of aliphatic hydroxyl groups is 1. The summed E-state index contributed by atoms with van der Waals surface area (Å²) < 4.78 is 42.5. The summed E-state index contributed by atoms with van der Waals surface area (Å²) in [6.07, 6.45) is -6.41. The van der Waals surface area contributed by atoms with Crippen molar-refractivity contribution in [2.24, 2.45) is 0 Å². The van der Waals surface area contributed by atoms with Gasteiger partial charge in [-0.1, -0.05) is 30.3 Å². The molecule has 1 amide bonds. The van der Waals surface area contributed by atoms with Gasteiger partial charge in [-0.15, -0.1) is 0 Å². The van der Waals surface area contributed by atoms with Crippen LogP contribution in [0.25, 0.3) is 0 Å². The molecule has 0 aromatic heterocycles. The number of benzene rings is 2. The fraction of sp³-hybridized carbons (Fsp3) is 0.250. The highest BCUT2D eigenvalue weighted by atomic mass is 19.4. The van der Waals surface area contributed by atoms with E-state index in [9.17, 15) is 27.9 Å². The first kappa shape index (κ1) is 21.9. The number of hydrogen-bond acceptors (Lipinski definition) is 5. The minimum atomic E-state index is -4.55. The number of aliphatic hydroxyl groups excluding tert-OH is 1. The molecule has 0 heterocycles. The van der Waals surface area contributed by atoms with E-state index in [1.807, 2.05) is 6.07 Å². The lowest BCUT2D eigenvalue weighted by Gasteiger charge is -2.19. The predicted octanol–water partition coefficient (Wildman–Crippen LogP) is 2.51. The number of ether oxygens (including phenoxy) is 1. The Hall–Kier alpha value is -3.38. The van der Waals surface area contributed by atoms with Gasteiger partial charge in [0.15, 0.2) is 6.10 Å². The topological polar surface area (TPSA) is 99.4 Å². The van der Waals surface area contributed by atoms with Crippen LogP contribution in [0.1, 0.15) is 28.4 Å². The van der Waals surface area contributed by atoms with E-state index >= 15 is 0 Å². The Bertz CT molecular complexity index is 921. The fourth-order valence-electron chi connectivity index (χ4n) is 2.62. The van der Waals surface area contributed by atoms with Crippen molar-refractivity contribution in [1.29, 1.82) is 5.26 Å². The number of nitrogens with one attached hydrogen (secondary N) is 1. The molecule has 29 heavy (non-hydrogen) atoms. The van der Waals surface area contributed by atoms with Gasteiger partial charge in [0.25, 0.3) is 5.91 Å². The van der Waals surface area contributed by atoms with E-state index in [0.717, 1.165) is 31.4 Å². The average Bonchev–Trinajstić information content (AvgIpc) is 2.71. The first-order chi connectivity index (χ1) is 13.7. The van der Waals surface area contributed by atoms with E-state index in [2.05, 4.69) is 10.1 Å². The zero-order valence-electron chi connectivity index (χ0n) is 15.2. The van der Waals surface area contributed by atoms with Crippen LogP contribution in [0.2, 0.25) is 0 Å². The first-order valence-corrected chi connectivity index (χ1v) is 8.38. The molecule has 0 saturated carbocycles. The number of alkyl halides is 3. The molecule has 6 nitrogen and oxygen atoms in total. The average molecular weight is 406 g/mol. The van der Waals surface area contributed by atoms with E-state index < -0.39 is 35.8 Å². The van der Waals surface area contributed by atoms with Crippen LogP contribution >= 0.6 is 0 Å². The molecule has 0 saturated heterocycles. The van der Waals surface area contributed by atoms with Crippen LogP contribution < -0.4 is 5.32 Å². The minimum absolute atomic E-state index is 0.0676. The molecule has 9 heteroatoms. The van der Waals surface area contributed by atoms with Crippen molar-refractivity contribution in [2.75, 3.05) is 7.11 Å². The highest BCUT2D eigenvalue weighted by Crippen LogP contribution is 2.30. The maximum absolute atomic E-state index is 12.6. The van der Waals surface area contributed by atoms with Crippen LogP contribution in [-0.4, -0.2) is 30.1 Å². The highest BCUT2D eigenvalue weighted by Gasteiger charge is 2.31. The Morgan fingerprint density at radius 2 is 1.79 bits per heavy atom. The normalized spacial score (nSPS) is 13.1. The van der Waals surface area contributed by atoms with Crippen molar-refractivity contribution >= 4 is 11.9 Å². The van der Waals surface area contributed by atoms with Gasteiger partial charge in [0.05, 0.1) is 24.3 Å². The molecule has 0 spiro atoms. The Labute approximate surface area is 164 Å². The summed E-state index contributed by atoms with van der Waals surface area (Å²) >= 11 is 0. The number of amides is 1. The van der Waals surface area contributed by atoms with Crippen LogP contribution in [0, 0.1) is 11.3 Å². The molecular formula is C20H17F3N2O4. The largest absolute Gasteiger partial charge is 0.467 e. The Morgan fingerprint density at radius 3 is 2.34 bits per heavy atom. The number of esters is 1. The Kier molecular flexibility index (Phi) is 6.96. The third-order valence-corrected chi connectivity index (χ3v) is 4.17. The number of carbonyl (C=O) groups is 2. The second kappa shape index (κ2) is 9.21. The standard InChI is InChI=1S/C20H17F3N2O4/c1-29-19(28)16(10-13-4-2-3-5-14(13)11-24)25-18(27)17(26)12-6-8-15(9-7-12)20(21,22)23/h2-9,16-17,26H,10H2,1H3,(H,25,27)/t16-,17+/m1/s1. The Morgan fingerprint density at radius 1 is 1.17 bits per heavy atom. The van der Waals surface area contributed by atoms with E-state index in [1.165, 1.54) is 0 Å². The number of hydrogen-bond donors (Lipinski definition) is 2. The number of rotatable bonds is 6. The molecule has 0 bridgehead atoms. The van der Waals surface area contributed by atoms with Gasteiger partial charge in [-0.25, -0.2) is 4.79 Å². The summed E-state index contributed by atoms with van der Waals surface area (Å²) in [5.74, 6) is -1.79. The quantitative estimate of drug-likeness (QED) is 0.719. The lowest BCUT2D eigenvalue weighted by atomic mass is 10.00. The lowest BCUT2D eigenvalue weighted by Crippen LogP contribution is -2.45. The molecule has 0 fully saturated rings. The van der Waals surface area contributed by atoms with Crippen LogP contribution in [-0.2, 0) is 26.9 Å². The summed E-state index contributed by atoms with van der Waals surface area (Å²) in [5.41, 5.74) is -0.209. The van der Waals surface area contributed by atoms with Gasteiger partial charge in [-0.2, -0.15) is 18.4 Å². The predicted molar refractivity (Wildman–Crippen MR) is 95.2 cm³/mol. The summed E-state index contributed by atoms with van der Waals surface area (Å²) in [6.45, 7) is 0. The molecule has 2 N–H and O–H groups in total. The second-order valence-electron chi connectivity index (χ2n) is 6.08. The van der Waals surface area contributed by atoms with Crippen LogP contribution in [0.4, 0.5) is 13.2 Å². The molecule has 0 aliphatic rings. The van der Waals surface area contributed by atoms with Crippen LogP contribution in [0.3, 0.4) is 0 Å². The summed E-state index contributed by atoms with van der Waals surface area (Å²) in [4.78, 5) is 24.4. The molecule has 2 aromatic carbocycles. The third-order valence-electron chi connectivity index (χ3n) is 4.17. The highest BCUT2D eigenvalue weighted by molar-refractivity contribution is 5.87.